The summed E-state index contributed by atoms with van der Waals surface area (Å²) in [7, 11) is 5.32. The monoisotopic (exact) mass is 804 g/mol. The summed E-state index contributed by atoms with van der Waals surface area (Å²) in [5, 5.41) is 66.1. The highest BCUT2D eigenvalue weighted by Crippen LogP contribution is 2.43. The van der Waals surface area contributed by atoms with Crippen molar-refractivity contribution in [1.82, 2.24) is 15.5 Å². The Bertz CT molecular complexity index is 1270. The van der Waals surface area contributed by atoms with E-state index in [0.717, 1.165) is 12.8 Å². The number of hydrogen-bond acceptors (Lipinski definition) is 15. The van der Waals surface area contributed by atoms with E-state index in [-0.39, 0.29) is 44.0 Å². The summed E-state index contributed by atoms with van der Waals surface area (Å²) in [6, 6.07) is -0.246. The summed E-state index contributed by atoms with van der Waals surface area (Å²) >= 11 is 0. The van der Waals surface area contributed by atoms with Gasteiger partial charge in [0, 0.05) is 50.7 Å². The largest absolute Gasteiger partial charge is 0.459 e. The van der Waals surface area contributed by atoms with Crippen molar-refractivity contribution in [2.75, 3.05) is 34.3 Å². The van der Waals surface area contributed by atoms with Crippen LogP contribution in [0.3, 0.4) is 0 Å². The fraction of sp³-hybridized carbons (Fsp3) is 0.976. The number of carbonyl (C=O) groups is 1. The zero-order valence-corrected chi connectivity index (χ0v) is 36.4. The van der Waals surface area contributed by atoms with Crippen LogP contribution in [0.1, 0.15) is 108 Å². The van der Waals surface area contributed by atoms with Gasteiger partial charge in [0.2, 0.25) is 0 Å². The van der Waals surface area contributed by atoms with E-state index in [1.165, 1.54) is 6.92 Å². The van der Waals surface area contributed by atoms with Gasteiger partial charge in [-0.15, -0.1) is 0 Å². The molecule has 15 heteroatoms. The number of nitrogens with zero attached hydrogens (tertiary/aromatic N) is 1. The van der Waals surface area contributed by atoms with Gasteiger partial charge in [0.1, 0.15) is 29.0 Å². The number of aliphatic hydroxyl groups excluding tert-OH is 2. The number of ether oxygens (including phenoxy) is 6. The van der Waals surface area contributed by atoms with Crippen molar-refractivity contribution < 1.29 is 58.7 Å². The van der Waals surface area contributed by atoms with Gasteiger partial charge in [-0.3, -0.25) is 4.79 Å². The first kappa shape index (κ1) is 47.6. The quantitative estimate of drug-likeness (QED) is 0.157. The summed E-state index contributed by atoms with van der Waals surface area (Å²) in [5.41, 5.74) is -5.91. The Kier molecular flexibility index (Phi) is 15.9. The summed E-state index contributed by atoms with van der Waals surface area (Å²) in [6.45, 7) is 18.2. The third kappa shape index (κ3) is 10.4. The Morgan fingerprint density at radius 1 is 0.964 bits per heavy atom. The first-order chi connectivity index (χ1) is 25.9. The molecule has 0 bridgehead atoms. The molecule has 1 saturated carbocycles. The molecule has 3 aliphatic heterocycles. The second-order valence-electron chi connectivity index (χ2n) is 18.7. The Balaban J connectivity index is 1.78. The van der Waals surface area contributed by atoms with Crippen molar-refractivity contribution >= 4 is 5.97 Å². The SMILES string of the molecule is CC[C@H]1OC(=O)[C@H](C)[C@@H](O[C@H]2C[C@@](C)(OC)[C@](O)(CNC3CC3)[C@H](C)O2)[C@H](C)[C@@H](O[C@@H]2O[C@H](C)C[C@H](N(C)C)[C@H]2O)[C@](C)(O)C[C@@H](C)NC[C@H](C)[C@@H](O)[C@]1(C)O. The summed E-state index contributed by atoms with van der Waals surface area (Å²) in [5.74, 6) is -2.94. The number of cyclic esters (lactones) is 1. The molecule has 328 valence electrons. The van der Waals surface area contributed by atoms with Crippen LogP contribution in [0.4, 0.5) is 0 Å². The van der Waals surface area contributed by atoms with E-state index in [1.54, 1.807) is 41.7 Å². The van der Waals surface area contributed by atoms with E-state index in [0.29, 0.717) is 19.0 Å². The molecule has 3 saturated heterocycles. The van der Waals surface area contributed by atoms with Crippen LogP contribution in [0.25, 0.3) is 0 Å². The molecule has 4 aliphatic rings. The van der Waals surface area contributed by atoms with Crippen LogP contribution >= 0.6 is 0 Å². The maximum Gasteiger partial charge on any atom is 0.311 e. The number of nitrogens with one attached hydrogen (secondary N) is 2. The van der Waals surface area contributed by atoms with E-state index in [9.17, 15) is 30.3 Å². The normalized spacial score (nSPS) is 49.2. The Morgan fingerprint density at radius 3 is 2.18 bits per heavy atom. The fourth-order valence-corrected chi connectivity index (χ4v) is 9.32. The highest BCUT2D eigenvalue weighted by molar-refractivity contribution is 5.73. The average molecular weight is 804 g/mol. The Hall–Kier alpha value is -1.05. The van der Waals surface area contributed by atoms with Gasteiger partial charge in [-0.25, -0.2) is 0 Å². The number of rotatable bonds is 10. The minimum Gasteiger partial charge on any atom is -0.459 e. The molecule has 1 aliphatic carbocycles. The molecule has 15 nitrogen and oxygen atoms in total. The molecule has 4 rings (SSSR count). The van der Waals surface area contributed by atoms with Crippen LogP contribution in [-0.4, -0.2) is 167 Å². The van der Waals surface area contributed by atoms with Gasteiger partial charge in [0.05, 0.1) is 42.0 Å². The van der Waals surface area contributed by atoms with E-state index in [1.807, 2.05) is 46.7 Å². The van der Waals surface area contributed by atoms with Crippen LogP contribution in [0.2, 0.25) is 0 Å². The maximum absolute atomic E-state index is 14.3. The van der Waals surface area contributed by atoms with Gasteiger partial charge in [-0.05, 0) is 101 Å². The van der Waals surface area contributed by atoms with Crippen molar-refractivity contribution in [3.05, 3.63) is 0 Å². The molecule has 7 N–H and O–H groups in total. The zero-order valence-electron chi connectivity index (χ0n) is 36.4. The van der Waals surface area contributed by atoms with Crippen molar-refractivity contribution in [2.45, 2.75) is 204 Å². The Morgan fingerprint density at radius 2 is 1.61 bits per heavy atom. The lowest BCUT2D eigenvalue weighted by Gasteiger charge is -2.53. The summed E-state index contributed by atoms with van der Waals surface area (Å²) in [4.78, 5) is 16.3. The minimum absolute atomic E-state index is 0.105. The van der Waals surface area contributed by atoms with E-state index >= 15 is 0 Å². The highest BCUT2D eigenvalue weighted by Gasteiger charge is 2.59. The molecular formula is C41H77N3O12. The molecule has 56 heavy (non-hydrogen) atoms. The van der Waals surface area contributed by atoms with Crippen LogP contribution in [0, 0.1) is 17.8 Å². The van der Waals surface area contributed by atoms with Gasteiger partial charge >= 0.3 is 5.97 Å². The van der Waals surface area contributed by atoms with E-state index in [4.69, 9.17) is 28.4 Å². The van der Waals surface area contributed by atoms with Crippen LogP contribution in [0.15, 0.2) is 0 Å². The predicted octanol–water partition coefficient (Wildman–Crippen LogP) is 1.68. The lowest BCUT2D eigenvalue weighted by molar-refractivity contribution is -0.336. The molecule has 0 amide bonds. The molecular weight excluding hydrogens is 726 g/mol. The standard InChI is InChI=1S/C41H77N3O12/c1-14-30-40(10,49)34(46)22(2)20-42-23(3)18-38(8,48)35(56-37-32(45)29(44(11)12)17-24(4)52-37)25(5)33(26(6)36(47)54-30)55-31-19-39(9,51-13)41(50,27(7)53-31)21-43-28-15-16-28/h22-35,37,42-43,45-46,48-50H,14-21H2,1-13H3/t22-,23+,24+,25-,26+,27-,29-,30+,31-,32+,33-,34+,35+,37-,38+,39+,40+,41-/m0/s1. The number of likely N-dealkylation sites (N-methyl/N-ethyl adjacent to an activating group) is 1. The summed E-state index contributed by atoms with van der Waals surface area (Å²) in [6.07, 6.45) is -5.45. The van der Waals surface area contributed by atoms with Crippen molar-refractivity contribution in [1.29, 1.82) is 0 Å². The van der Waals surface area contributed by atoms with Crippen molar-refractivity contribution in [3.8, 4) is 0 Å². The second kappa shape index (κ2) is 18.7. The van der Waals surface area contributed by atoms with Gasteiger partial charge in [-0.2, -0.15) is 0 Å². The number of esters is 1. The van der Waals surface area contributed by atoms with Crippen LogP contribution < -0.4 is 10.6 Å². The molecule has 0 radical (unpaired) electrons. The Labute approximate surface area is 335 Å². The molecule has 0 unspecified atom stereocenters. The first-order valence-corrected chi connectivity index (χ1v) is 21.0. The number of hydrogen-bond donors (Lipinski definition) is 7. The summed E-state index contributed by atoms with van der Waals surface area (Å²) < 4.78 is 38.4. The number of carbonyl (C=O) groups excluding carboxylic acids is 1. The molecule has 0 spiro atoms. The van der Waals surface area contributed by atoms with Crippen LogP contribution in [-0.2, 0) is 33.2 Å². The fourth-order valence-electron chi connectivity index (χ4n) is 9.32. The third-order valence-corrected chi connectivity index (χ3v) is 13.5. The number of methoxy groups -OCH3 is 1. The second-order valence-corrected chi connectivity index (χ2v) is 18.7. The van der Waals surface area contributed by atoms with Gasteiger partial charge in [-0.1, -0.05) is 20.8 Å². The lowest BCUT2D eigenvalue weighted by atomic mass is 9.75. The topological polar surface area (TPSA) is 201 Å². The van der Waals surface area contributed by atoms with Crippen LogP contribution in [0.5, 0.6) is 0 Å². The predicted molar refractivity (Wildman–Crippen MR) is 210 cm³/mol. The molecule has 0 aromatic rings. The van der Waals surface area contributed by atoms with E-state index < -0.39 is 95.3 Å². The van der Waals surface area contributed by atoms with Crippen molar-refractivity contribution in [3.63, 3.8) is 0 Å². The lowest BCUT2D eigenvalue weighted by Crippen LogP contribution is -2.70. The zero-order chi connectivity index (χ0) is 42.1. The molecule has 18 atom stereocenters. The molecule has 4 fully saturated rings. The first-order valence-electron chi connectivity index (χ1n) is 21.0. The van der Waals surface area contributed by atoms with Crippen molar-refractivity contribution in [2.24, 2.45) is 17.8 Å². The third-order valence-electron chi connectivity index (χ3n) is 13.5. The maximum atomic E-state index is 14.3. The smallest absolute Gasteiger partial charge is 0.311 e. The van der Waals surface area contributed by atoms with Gasteiger partial charge < -0.3 is 69.5 Å². The van der Waals surface area contributed by atoms with Gasteiger partial charge in [0.25, 0.3) is 0 Å². The highest BCUT2D eigenvalue weighted by atomic mass is 16.7. The molecule has 0 aromatic carbocycles. The molecule has 0 aromatic heterocycles. The van der Waals surface area contributed by atoms with E-state index in [2.05, 4.69) is 10.6 Å². The minimum atomic E-state index is -1.79. The van der Waals surface area contributed by atoms with Gasteiger partial charge in [0.15, 0.2) is 12.6 Å². The average Bonchev–Trinajstić information content (AvgIpc) is 3.96. The molecule has 3 heterocycles. The number of aliphatic hydroxyl groups is 5.